The summed E-state index contributed by atoms with van der Waals surface area (Å²) in [7, 11) is 0. The second-order valence-electron chi connectivity index (χ2n) is 8.90. The van der Waals surface area contributed by atoms with Crippen LogP contribution in [0.4, 0.5) is 0 Å². The van der Waals surface area contributed by atoms with Gasteiger partial charge in [0.25, 0.3) is 0 Å². The summed E-state index contributed by atoms with van der Waals surface area (Å²) in [6, 6.07) is -0.718. The van der Waals surface area contributed by atoms with Crippen LogP contribution in [0.2, 0.25) is 0 Å². The molecule has 0 heterocycles. The van der Waals surface area contributed by atoms with E-state index in [4.69, 9.17) is 9.84 Å². The molecule has 0 aliphatic rings. The fourth-order valence-corrected chi connectivity index (χ4v) is 3.71. The summed E-state index contributed by atoms with van der Waals surface area (Å²) in [6.45, 7) is 4.72. The first-order valence-corrected chi connectivity index (χ1v) is 13.3. The SMILES string of the molecule is CCCCCCCCCCCC(=O)NCCCCC(NC(=O)CCCCC(=O)O)C(=O)OCC. The van der Waals surface area contributed by atoms with Crippen LogP contribution in [0.5, 0.6) is 0 Å². The van der Waals surface area contributed by atoms with Gasteiger partial charge in [-0.15, -0.1) is 0 Å². The van der Waals surface area contributed by atoms with Crippen LogP contribution in [0.25, 0.3) is 0 Å². The van der Waals surface area contributed by atoms with E-state index in [1.54, 1.807) is 6.92 Å². The van der Waals surface area contributed by atoms with E-state index in [1.165, 1.54) is 44.9 Å². The normalized spacial score (nSPS) is 11.6. The molecule has 34 heavy (non-hydrogen) atoms. The Kier molecular flexibility index (Phi) is 21.2. The van der Waals surface area contributed by atoms with E-state index >= 15 is 0 Å². The monoisotopic (exact) mass is 484 g/mol. The second-order valence-corrected chi connectivity index (χ2v) is 8.90. The highest BCUT2D eigenvalue weighted by atomic mass is 16.5. The van der Waals surface area contributed by atoms with Crippen molar-refractivity contribution in [1.82, 2.24) is 10.6 Å². The molecule has 1 atom stereocenters. The van der Waals surface area contributed by atoms with Gasteiger partial charge >= 0.3 is 11.9 Å². The van der Waals surface area contributed by atoms with Crippen LogP contribution in [0.1, 0.15) is 123 Å². The Labute approximate surface area is 206 Å². The first kappa shape index (κ1) is 31.9. The average Bonchev–Trinajstić information content (AvgIpc) is 2.79. The molecule has 0 aliphatic heterocycles. The Hall–Kier alpha value is -2.12. The third kappa shape index (κ3) is 20.5. The number of aliphatic carboxylic acids is 1. The van der Waals surface area contributed by atoms with E-state index in [0.29, 0.717) is 45.1 Å². The zero-order valence-electron chi connectivity index (χ0n) is 21.5. The molecule has 1 unspecified atom stereocenters. The highest BCUT2D eigenvalue weighted by molar-refractivity contribution is 5.84. The number of esters is 1. The number of carbonyl (C=O) groups excluding carboxylic acids is 3. The van der Waals surface area contributed by atoms with Gasteiger partial charge in [0.2, 0.25) is 11.8 Å². The summed E-state index contributed by atoms with van der Waals surface area (Å²) < 4.78 is 5.05. The van der Waals surface area contributed by atoms with Crippen LogP contribution in [0, 0.1) is 0 Å². The predicted molar refractivity (Wildman–Crippen MR) is 133 cm³/mol. The van der Waals surface area contributed by atoms with Gasteiger partial charge in [0.15, 0.2) is 0 Å². The van der Waals surface area contributed by atoms with E-state index in [2.05, 4.69) is 17.6 Å². The molecule has 0 aliphatic carbocycles. The lowest BCUT2D eigenvalue weighted by atomic mass is 10.1. The first-order valence-electron chi connectivity index (χ1n) is 13.3. The number of amides is 2. The van der Waals surface area contributed by atoms with Crippen molar-refractivity contribution in [1.29, 1.82) is 0 Å². The number of carbonyl (C=O) groups is 4. The predicted octanol–water partition coefficient (Wildman–Crippen LogP) is 4.89. The summed E-state index contributed by atoms with van der Waals surface area (Å²) in [5.74, 6) is -1.56. The topological polar surface area (TPSA) is 122 Å². The molecule has 2 amide bonds. The maximum absolute atomic E-state index is 12.1. The number of rotatable bonds is 23. The minimum Gasteiger partial charge on any atom is -0.481 e. The number of carboxylic acids is 1. The Bertz CT molecular complexity index is 567. The largest absolute Gasteiger partial charge is 0.481 e. The molecular formula is C26H48N2O6. The molecular weight excluding hydrogens is 436 g/mol. The Morgan fingerprint density at radius 2 is 1.26 bits per heavy atom. The van der Waals surface area contributed by atoms with E-state index in [0.717, 1.165) is 12.8 Å². The molecule has 8 nitrogen and oxygen atoms in total. The Morgan fingerprint density at radius 1 is 0.706 bits per heavy atom. The molecule has 0 aromatic carbocycles. The van der Waals surface area contributed by atoms with Gasteiger partial charge in [-0.2, -0.15) is 0 Å². The third-order valence-electron chi connectivity index (χ3n) is 5.70. The maximum Gasteiger partial charge on any atom is 0.328 e. The molecule has 0 aromatic rings. The molecule has 3 N–H and O–H groups in total. The van der Waals surface area contributed by atoms with Crippen molar-refractivity contribution in [3.05, 3.63) is 0 Å². The molecule has 8 heteroatoms. The highest BCUT2D eigenvalue weighted by Crippen LogP contribution is 2.10. The van der Waals surface area contributed by atoms with Crippen LogP contribution < -0.4 is 10.6 Å². The molecule has 0 spiro atoms. The number of unbranched alkanes of at least 4 members (excludes halogenated alkanes) is 10. The number of carboxylic acid groups (broad SMARTS) is 1. The molecule has 0 fully saturated rings. The lowest BCUT2D eigenvalue weighted by molar-refractivity contribution is -0.147. The van der Waals surface area contributed by atoms with Crippen molar-refractivity contribution >= 4 is 23.8 Å². The standard InChI is InChI=1S/C26H48N2O6/c1-3-5-6-7-8-9-10-11-12-18-23(29)27-21-16-15-17-22(26(33)34-4-2)28-24(30)19-13-14-20-25(31)32/h22H,3-21H2,1-2H3,(H,27,29)(H,28,30)(H,31,32). The van der Waals surface area contributed by atoms with Gasteiger partial charge < -0.3 is 20.5 Å². The minimum atomic E-state index is -0.884. The van der Waals surface area contributed by atoms with E-state index in [1.807, 2.05) is 0 Å². The molecule has 198 valence electrons. The van der Waals surface area contributed by atoms with Crippen molar-refractivity contribution in [2.24, 2.45) is 0 Å². The molecule has 0 aromatic heterocycles. The number of hydrogen-bond acceptors (Lipinski definition) is 5. The third-order valence-corrected chi connectivity index (χ3v) is 5.70. The lowest BCUT2D eigenvalue weighted by Crippen LogP contribution is -2.41. The molecule has 0 rings (SSSR count). The first-order chi connectivity index (χ1) is 16.4. The molecule has 0 saturated carbocycles. The van der Waals surface area contributed by atoms with Crippen molar-refractivity contribution in [2.75, 3.05) is 13.2 Å². The quantitative estimate of drug-likeness (QED) is 0.140. The van der Waals surface area contributed by atoms with Crippen molar-refractivity contribution < 1.29 is 29.0 Å². The molecule has 0 radical (unpaired) electrons. The number of ether oxygens (including phenoxy) is 1. The van der Waals surface area contributed by atoms with Crippen LogP contribution in [0.15, 0.2) is 0 Å². The van der Waals surface area contributed by atoms with Gasteiger partial charge in [0, 0.05) is 25.8 Å². The van der Waals surface area contributed by atoms with Crippen LogP contribution in [-0.4, -0.2) is 48.1 Å². The van der Waals surface area contributed by atoms with E-state index < -0.39 is 18.0 Å². The highest BCUT2D eigenvalue weighted by Gasteiger charge is 2.21. The zero-order chi connectivity index (χ0) is 25.4. The smallest absolute Gasteiger partial charge is 0.328 e. The average molecular weight is 485 g/mol. The summed E-state index contributed by atoms with van der Waals surface area (Å²) in [6.07, 6.45) is 14.5. The number of nitrogens with one attached hydrogen (secondary N) is 2. The molecule has 0 saturated heterocycles. The van der Waals surface area contributed by atoms with Gasteiger partial charge in [-0.1, -0.05) is 58.3 Å². The van der Waals surface area contributed by atoms with Crippen molar-refractivity contribution in [3.8, 4) is 0 Å². The molecule has 0 bridgehead atoms. The number of hydrogen-bond donors (Lipinski definition) is 3. The Balaban J connectivity index is 3.93. The van der Waals surface area contributed by atoms with Crippen LogP contribution in [0.3, 0.4) is 0 Å². The van der Waals surface area contributed by atoms with Gasteiger partial charge in [0.1, 0.15) is 6.04 Å². The van der Waals surface area contributed by atoms with Crippen LogP contribution in [-0.2, 0) is 23.9 Å². The zero-order valence-corrected chi connectivity index (χ0v) is 21.5. The van der Waals surface area contributed by atoms with Gasteiger partial charge in [-0.25, -0.2) is 4.79 Å². The lowest BCUT2D eigenvalue weighted by Gasteiger charge is -2.17. The summed E-state index contributed by atoms with van der Waals surface area (Å²) in [5, 5.41) is 14.3. The summed E-state index contributed by atoms with van der Waals surface area (Å²) in [5.41, 5.74) is 0. The minimum absolute atomic E-state index is 0.0272. The maximum atomic E-state index is 12.1. The van der Waals surface area contributed by atoms with Crippen LogP contribution >= 0.6 is 0 Å². The second kappa shape index (κ2) is 22.7. The van der Waals surface area contributed by atoms with E-state index in [9.17, 15) is 19.2 Å². The Morgan fingerprint density at radius 3 is 1.88 bits per heavy atom. The summed E-state index contributed by atoms with van der Waals surface area (Å²) >= 11 is 0. The fourth-order valence-electron chi connectivity index (χ4n) is 3.71. The fraction of sp³-hybridized carbons (Fsp3) is 0.846. The van der Waals surface area contributed by atoms with Gasteiger partial charge in [0.05, 0.1) is 6.61 Å². The summed E-state index contributed by atoms with van der Waals surface area (Å²) in [4.78, 5) is 46.7. The van der Waals surface area contributed by atoms with E-state index in [-0.39, 0.29) is 31.3 Å². The van der Waals surface area contributed by atoms with Gasteiger partial charge in [-0.3, -0.25) is 14.4 Å². The van der Waals surface area contributed by atoms with Crippen molar-refractivity contribution in [2.45, 2.75) is 129 Å². The van der Waals surface area contributed by atoms with Crippen molar-refractivity contribution in [3.63, 3.8) is 0 Å². The van der Waals surface area contributed by atoms with Gasteiger partial charge in [-0.05, 0) is 45.4 Å².